The number of pyridine rings is 1. The molecule has 0 radical (unpaired) electrons. The summed E-state index contributed by atoms with van der Waals surface area (Å²) in [6, 6.07) is 1.66. The molecule has 2 rings (SSSR count). The Morgan fingerprint density at radius 2 is 2.04 bits per heavy atom. The highest BCUT2D eigenvalue weighted by molar-refractivity contribution is 6.10. The van der Waals surface area contributed by atoms with Crippen LogP contribution in [0.5, 0.6) is 0 Å². The maximum Gasteiger partial charge on any atom is 0.356 e. The van der Waals surface area contributed by atoms with Gasteiger partial charge in [-0.15, -0.1) is 0 Å². The summed E-state index contributed by atoms with van der Waals surface area (Å²) >= 11 is 0. The predicted molar refractivity (Wildman–Crippen MR) is 105 cm³/mol. The molecule has 8 heteroatoms. The highest BCUT2D eigenvalue weighted by Crippen LogP contribution is 2.33. The summed E-state index contributed by atoms with van der Waals surface area (Å²) in [5.41, 5.74) is 1.96. The van der Waals surface area contributed by atoms with E-state index in [2.05, 4.69) is 29.5 Å². The fourth-order valence-electron chi connectivity index (χ4n) is 2.85. The van der Waals surface area contributed by atoms with E-state index in [-0.39, 0.29) is 24.2 Å². The number of carbonyl (C=O) groups excluding carboxylic acids is 2. The molecule has 3 N–H and O–H groups in total. The van der Waals surface area contributed by atoms with Crippen molar-refractivity contribution in [1.29, 1.82) is 0 Å². The van der Waals surface area contributed by atoms with Crippen molar-refractivity contribution in [2.75, 3.05) is 24.4 Å². The molecule has 0 aliphatic carbocycles. The van der Waals surface area contributed by atoms with Crippen LogP contribution in [-0.2, 0) is 16.1 Å². The van der Waals surface area contributed by atoms with Crippen LogP contribution in [0.4, 0.5) is 11.4 Å². The van der Waals surface area contributed by atoms with E-state index in [0.717, 1.165) is 6.42 Å². The number of nitrogens with one attached hydrogen (secondary N) is 2. The molecule has 148 valence electrons. The molecule has 0 fully saturated rings. The summed E-state index contributed by atoms with van der Waals surface area (Å²) in [4.78, 5) is 28.8. The molecular weight excluding hydrogens is 348 g/mol. The number of hydrogen-bond acceptors (Lipinski definition) is 6. The molecule has 27 heavy (non-hydrogen) atoms. The SMILES string of the molecule is COC(=O)c1c(NC(C)=O)c2cc(NC(C)CO)cnc2n1CCC(C)C. The quantitative estimate of drug-likeness (QED) is 0.612. The van der Waals surface area contributed by atoms with Crippen molar-refractivity contribution in [1.82, 2.24) is 9.55 Å². The van der Waals surface area contributed by atoms with Gasteiger partial charge in [0.1, 0.15) is 5.65 Å². The minimum absolute atomic E-state index is 0.0284. The lowest BCUT2D eigenvalue weighted by Crippen LogP contribution is -2.19. The van der Waals surface area contributed by atoms with E-state index in [1.807, 2.05) is 13.0 Å². The lowest BCUT2D eigenvalue weighted by molar-refractivity contribution is -0.114. The maximum atomic E-state index is 12.5. The molecule has 2 heterocycles. The van der Waals surface area contributed by atoms with Crippen LogP contribution in [0.2, 0.25) is 0 Å². The zero-order valence-corrected chi connectivity index (χ0v) is 16.5. The zero-order chi connectivity index (χ0) is 20.1. The third kappa shape index (κ3) is 4.77. The Balaban J connectivity index is 2.68. The monoisotopic (exact) mass is 376 g/mol. The van der Waals surface area contributed by atoms with Crippen LogP contribution in [-0.4, -0.2) is 46.3 Å². The van der Waals surface area contributed by atoms with Crippen molar-refractivity contribution < 1.29 is 19.4 Å². The molecule has 0 aliphatic rings. The standard InChI is InChI=1S/C19H28N4O4/c1-11(2)6-7-23-17(19(26)27-5)16(22-13(4)25)15-8-14(9-20-18(15)23)21-12(3)10-24/h8-9,11-12,21,24H,6-7,10H2,1-5H3,(H,22,25). The molecule has 0 aromatic carbocycles. The molecule has 0 bridgehead atoms. The summed E-state index contributed by atoms with van der Waals surface area (Å²) in [6.45, 7) is 7.98. The number of hydrogen-bond donors (Lipinski definition) is 3. The first-order valence-corrected chi connectivity index (χ1v) is 9.04. The summed E-state index contributed by atoms with van der Waals surface area (Å²) < 4.78 is 6.76. The fourth-order valence-corrected chi connectivity index (χ4v) is 2.85. The molecule has 0 saturated carbocycles. The van der Waals surface area contributed by atoms with Crippen molar-refractivity contribution in [3.8, 4) is 0 Å². The van der Waals surface area contributed by atoms with Crippen LogP contribution in [0.3, 0.4) is 0 Å². The Labute approximate surface area is 158 Å². The molecule has 0 aliphatic heterocycles. The number of esters is 1. The number of nitrogens with zero attached hydrogens (tertiary/aromatic N) is 2. The zero-order valence-electron chi connectivity index (χ0n) is 16.5. The number of ether oxygens (including phenoxy) is 1. The Kier molecular flexibility index (Phi) is 6.79. The van der Waals surface area contributed by atoms with Gasteiger partial charge in [0.2, 0.25) is 5.91 Å². The Morgan fingerprint density at radius 3 is 2.59 bits per heavy atom. The molecule has 1 unspecified atom stereocenters. The van der Waals surface area contributed by atoms with Gasteiger partial charge in [-0.25, -0.2) is 9.78 Å². The second kappa shape index (κ2) is 8.85. The van der Waals surface area contributed by atoms with Crippen LogP contribution >= 0.6 is 0 Å². The fraction of sp³-hybridized carbons (Fsp3) is 0.526. The van der Waals surface area contributed by atoms with Crippen molar-refractivity contribution in [3.63, 3.8) is 0 Å². The van der Waals surface area contributed by atoms with E-state index in [9.17, 15) is 14.7 Å². The van der Waals surface area contributed by atoms with Crippen LogP contribution in [0.25, 0.3) is 11.0 Å². The highest BCUT2D eigenvalue weighted by Gasteiger charge is 2.25. The van der Waals surface area contributed by atoms with Gasteiger partial charge in [0.05, 0.1) is 31.3 Å². The second-order valence-electron chi connectivity index (χ2n) is 7.05. The van der Waals surface area contributed by atoms with E-state index in [1.54, 1.807) is 10.8 Å². The summed E-state index contributed by atoms with van der Waals surface area (Å²) in [6.07, 6.45) is 2.50. The summed E-state index contributed by atoms with van der Waals surface area (Å²) in [5, 5.41) is 15.8. The normalized spacial score (nSPS) is 12.3. The first-order valence-electron chi connectivity index (χ1n) is 9.04. The lowest BCUT2D eigenvalue weighted by Gasteiger charge is -2.12. The third-order valence-corrected chi connectivity index (χ3v) is 4.20. The summed E-state index contributed by atoms with van der Waals surface area (Å²) in [5.74, 6) is -0.382. The number of carbonyl (C=O) groups is 2. The first kappa shape index (κ1) is 20.7. The van der Waals surface area contributed by atoms with E-state index < -0.39 is 5.97 Å². The van der Waals surface area contributed by atoms with E-state index in [4.69, 9.17) is 4.74 Å². The second-order valence-corrected chi connectivity index (χ2v) is 7.05. The average molecular weight is 376 g/mol. The Morgan fingerprint density at radius 1 is 1.33 bits per heavy atom. The Bertz CT molecular complexity index is 829. The third-order valence-electron chi connectivity index (χ3n) is 4.20. The number of aliphatic hydroxyl groups excluding tert-OH is 1. The Hall–Kier alpha value is -2.61. The molecule has 0 spiro atoms. The van der Waals surface area contributed by atoms with Crippen LogP contribution in [0.1, 0.15) is 44.6 Å². The number of aryl methyl sites for hydroxylation is 1. The number of anilines is 2. The largest absolute Gasteiger partial charge is 0.464 e. The van der Waals surface area contributed by atoms with Gasteiger partial charge in [-0.3, -0.25) is 4.79 Å². The number of amides is 1. The van der Waals surface area contributed by atoms with E-state index in [1.165, 1.54) is 14.0 Å². The number of fused-ring (bicyclic) bond motifs is 1. The molecule has 0 saturated heterocycles. The molecule has 2 aromatic heterocycles. The maximum absolute atomic E-state index is 12.5. The van der Waals surface area contributed by atoms with Crippen molar-refractivity contribution >= 4 is 34.3 Å². The first-order chi connectivity index (χ1) is 12.8. The number of aromatic nitrogens is 2. The molecular formula is C19H28N4O4. The van der Waals surface area contributed by atoms with E-state index >= 15 is 0 Å². The van der Waals surface area contributed by atoms with Crippen molar-refractivity contribution in [2.45, 2.75) is 46.7 Å². The van der Waals surface area contributed by atoms with Gasteiger partial charge in [-0.05, 0) is 25.3 Å². The predicted octanol–water partition coefficient (Wildman–Crippen LogP) is 2.62. The van der Waals surface area contributed by atoms with Gasteiger partial charge in [0.25, 0.3) is 0 Å². The van der Waals surface area contributed by atoms with Gasteiger partial charge in [0.15, 0.2) is 5.69 Å². The van der Waals surface area contributed by atoms with Gasteiger partial charge >= 0.3 is 5.97 Å². The number of aliphatic hydroxyl groups is 1. The minimum atomic E-state index is -0.529. The molecule has 1 amide bonds. The number of rotatable bonds is 8. The highest BCUT2D eigenvalue weighted by atomic mass is 16.5. The van der Waals surface area contributed by atoms with Crippen LogP contribution in [0.15, 0.2) is 12.3 Å². The molecule has 8 nitrogen and oxygen atoms in total. The smallest absolute Gasteiger partial charge is 0.356 e. The van der Waals surface area contributed by atoms with Gasteiger partial charge in [-0.2, -0.15) is 0 Å². The molecule has 2 aromatic rings. The van der Waals surface area contributed by atoms with Gasteiger partial charge in [-0.1, -0.05) is 13.8 Å². The number of methoxy groups -OCH3 is 1. The summed E-state index contributed by atoms with van der Waals surface area (Å²) in [7, 11) is 1.31. The van der Waals surface area contributed by atoms with Crippen molar-refractivity contribution in [3.05, 3.63) is 18.0 Å². The minimum Gasteiger partial charge on any atom is -0.464 e. The average Bonchev–Trinajstić information content (AvgIpc) is 2.91. The molecule has 1 atom stereocenters. The van der Waals surface area contributed by atoms with Crippen LogP contribution < -0.4 is 10.6 Å². The van der Waals surface area contributed by atoms with Crippen molar-refractivity contribution in [2.24, 2.45) is 5.92 Å². The van der Waals surface area contributed by atoms with Crippen LogP contribution in [0, 0.1) is 5.92 Å². The lowest BCUT2D eigenvalue weighted by atomic mass is 10.1. The van der Waals surface area contributed by atoms with Gasteiger partial charge < -0.3 is 25.0 Å². The van der Waals surface area contributed by atoms with E-state index in [0.29, 0.717) is 34.9 Å². The van der Waals surface area contributed by atoms with Gasteiger partial charge in [0, 0.05) is 24.9 Å². The topological polar surface area (TPSA) is 105 Å².